The summed E-state index contributed by atoms with van der Waals surface area (Å²) in [5.74, 6) is -0.202. The minimum absolute atomic E-state index is 0.202. The molecule has 1 unspecified atom stereocenters. The maximum atomic E-state index is 13.0. The van der Waals surface area contributed by atoms with Gasteiger partial charge in [-0.25, -0.2) is 4.39 Å². The Morgan fingerprint density at radius 3 is 2.47 bits per heavy atom. The number of aliphatic hydroxyl groups is 1. The van der Waals surface area contributed by atoms with Crippen LogP contribution in [0, 0.1) is 12.7 Å². The first-order valence-electron chi connectivity index (χ1n) is 7.56. The molecule has 0 saturated heterocycles. The van der Waals surface area contributed by atoms with E-state index in [-0.39, 0.29) is 11.9 Å². The largest absolute Gasteiger partial charge is 0.393 e. The van der Waals surface area contributed by atoms with Crippen LogP contribution in [0.1, 0.15) is 63.0 Å². The van der Waals surface area contributed by atoms with Crippen LogP contribution in [0.15, 0.2) is 18.2 Å². The monoisotopic (exact) mass is 266 g/mol. The van der Waals surface area contributed by atoms with Gasteiger partial charge in [0.15, 0.2) is 0 Å². The summed E-state index contributed by atoms with van der Waals surface area (Å²) < 4.78 is 13.0. The van der Waals surface area contributed by atoms with Crippen molar-refractivity contribution in [1.82, 2.24) is 0 Å². The number of benzene rings is 1. The second kappa shape index (κ2) is 9.08. The Morgan fingerprint density at radius 1 is 1.11 bits per heavy atom. The predicted octanol–water partition coefficient (Wildman–Crippen LogP) is 4.79. The standard InChI is InChI=1S/C17H27FO/c1-3-4-5-6-7-8-9-17(19)13-15-10-11-16(18)12-14(15)2/h10-12,17,19H,3-9,13H2,1-2H3. The van der Waals surface area contributed by atoms with Crippen molar-refractivity contribution in [1.29, 1.82) is 0 Å². The number of rotatable bonds is 9. The topological polar surface area (TPSA) is 20.2 Å². The highest BCUT2D eigenvalue weighted by Gasteiger charge is 2.08. The molecule has 0 aliphatic rings. The van der Waals surface area contributed by atoms with E-state index in [1.807, 2.05) is 6.92 Å². The molecule has 1 rings (SSSR count). The van der Waals surface area contributed by atoms with Gasteiger partial charge in [0.05, 0.1) is 6.10 Å². The van der Waals surface area contributed by atoms with E-state index in [4.69, 9.17) is 0 Å². The average molecular weight is 266 g/mol. The molecule has 0 heterocycles. The summed E-state index contributed by atoms with van der Waals surface area (Å²) in [4.78, 5) is 0. The van der Waals surface area contributed by atoms with Crippen LogP contribution in [-0.4, -0.2) is 11.2 Å². The first-order valence-corrected chi connectivity index (χ1v) is 7.56. The second-order valence-corrected chi connectivity index (χ2v) is 5.49. The maximum Gasteiger partial charge on any atom is 0.123 e. The molecule has 1 N–H and O–H groups in total. The maximum absolute atomic E-state index is 13.0. The van der Waals surface area contributed by atoms with Gasteiger partial charge in [0, 0.05) is 0 Å². The molecule has 1 atom stereocenters. The molecule has 0 aliphatic carbocycles. The van der Waals surface area contributed by atoms with Gasteiger partial charge in [-0.1, -0.05) is 51.5 Å². The molecule has 0 aromatic heterocycles. The third kappa shape index (κ3) is 6.72. The third-order valence-corrected chi connectivity index (χ3v) is 3.65. The van der Waals surface area contributed by atoms with E-state index >= 15 is 0 Å². The quantitative estimate of drug-likeness (QED) is 0.637. The lowest BCUT2D eigenvalue weighted by atomic mass is 9.99. The van der Waals surface area contributed by atoms with Crippen molar-refractivity contribution < 1.29 is 9.50 Å². The lowest BCUT2D eigenvalue weighted by Gasteiger charge is -2.12. The number of unbranched alkanes of at least 4 members (excludes halogenated alkanes) is 5. The highest BCUT2D eigenvalue weighted by Crippen LogP contribution is 2.15. The van der Waals surface area contributed by atoms with E-state index in [2.05, 4.69) is 6.92 Å². The van der Waals surface area contributed by atoms with Crippen molar-refractivity contribution in [3.63, 3.8) is 0 Å². The highest BCUT2D eigenvalue weighted by molar-refractivity contribution is 5.27. The zero-order valence-electron chi connectivity index (χ0n) is 12.3. The Bertz CT molecular complexity index is 362. The molecule has 1 nitrogen and oxygen atoms in total. The molecule has 0 fully saturated rings. The molecule has 1 aromatic rings. The molecule has 0 amide bonds. The van der Waals surface area contributed by atoms with Gasteiger partial charge in [0.2, 0.25) is 0 Å². The molecule has 2 heteroatoms. The number of halogens is 1. The van der Waals surface area contributed by atoms with Crippen LogP contribution in [-0.2, 0) is 6.42 Å². The van der Waals surface area contributed by atoms with Crippen LogP contribution < -0.4 is 0 Å². The normalized spacial score (nSPS) is 12.6. The van der Waals surface area contributed by atoms with Crippen molar-refractivity contribution in [3.05, 3.63) is 35.1 Å². The van der Waals surface area contributed by atoms with Gasteiger partial charge in [-0.05, 0) is 43.0 Å². The van der Waals surface area contributed by atoms with Gasteiger partial charge < -0.3 is 5.11 Å². The summed E-state index contributed by atoms with van der Waals surface area (Å²) >= 11 is 0. The number of hydrogen-bond acceptors (Lipinski definition) is 1. The molecular weight excluding hydrogens is 239 g/mol. The Hall–Kier alpha value is -0.890. The highest BCUT2D eigenvalue weighted by atomic mass is 19.1. The van der Waals surface area contributed by atoms with Gasteiger partial charge in [-0.3, -0.25) is 0 Å². The third-order valence-electron chi connectivity index (χ3n) is 3.65. The van der Waals surface area contributed by atoms with Crippen LogP contribution in [0.4, 0.5) is 4.39 Å². The van der Waals surface area contributed by atoms with Crippen LogP contribution in [0.2, 0.25) is 0 Å². The second-order valence-electron chi connectivity index (χ2n) is 5.49. The molecule has 0 saturated carbocycles. The van der Waals surface area contributed by atoms with Crippen molar-refractivity contribution in [2.75, 3.05) is 0 Å². The predicted molar refractivity (Wildman–Crippen MR) is 78.8 cm³/mol. The summed E-state index contributed by atoms with van der Waals surface area (Å²) in [6.07, 6.45) is 8.66. The van der Waals surface area contributed by atoms with Crippen LogP contribution in [0.3, 0.4) is 0 Å². The number of hydrogen-bond donors (Lipinski definition) is 1. The van der Waals surface area contributed by atoms with E-state index in [1.165, 1.54) is 44.2 Å². The van der Waals surface area contributed by atoms with Crippen molar-refractivity contribution in [3.8, 4) is 0 Å². The fourth-order valence-electron chi connectivity index (χ4n) is 2.40. The number of aliphatic hydroxyl groups excluding tert-OH is 1. The van der Waals surface area contributed by atoms with Gasteiger partial charge >= 0.3 is 0 Å². The SMILES string of the molecule is CCCCCCCCC(O)Cc1ccc(F)cc1C. The van der Waals surface area contributed by atoms with Gasteiger partial charge in [0.25, 0.3) is 0 Å². The van der Waals surface area contributed by atoms with Crippen LogP contribution >= 0.6 is 0 Å². The minimum atomic E-state index is -0.296. The zero-order valence-corrected chi connectivity index (χ0v) is 12.3. The lowest BCUT2D eigenvalue weighted by Crippen LogP contribution is -2.11. The molecule has 0 spiro atoms. The smallest absolute Gasteiger partial charge is 0.123 e. The van der Waals surface area contributed by atoms with Crippen molar-refractivity contribution >= 4 is 0 Å². The Balaban J connectivity index is 2.21. The Labute approximate surface area is 116 Å². The fourth-order valence-corrected chi connectivity index (χ4v) is 2.40. The zero-order chi connectivity index (χ0) is 14.1. The molecule has 0 aliphatic heterocycles. The molecule has 19 heavy (non-hydrogen) atoms. The van der Waals surface area contributed by atoms with E-state index in [0.717, 1.165) is 24.0 Å². The van der Waals surface area contributed by atoms with Gasteiger partial charge in [-0.15, -0.1) is 0 Å². The first kappa shape index (κ1) is 16.2. The van der Waals surface area contributed by atoms with Crippen molar-refractivity contribution in [2.24, 2.45) is 0 Å². The van der Waals surface area contributed by atoms with Crippen LogP contribution in [0.25, 0.3) is 0 Å². The summed E-state index contributed by atoms with van der Waals surface area (Å²) in [6.45, 7) is 4.12. The molecule has 1 aromatic carbocycles. The lowest BCUT2D eigenvalue weighted by molar-refractivity contribution is 0.160. The average Bonchev–Trinajstić information content (AvgIpc) is 2.37. The summed E-state index contributed by atoms with van der Waals surface area (Å²) in [7, 11) is 0. The van der Waals surface area contributed by atoms with Crippen LogP contribution in [0.5, 0.6) is 0 Å². The van der Waals surface area contributed by atoms with Gasteiger partial charge in [-0.2, -0.15) is 0 Å². The Morgan fingerprint density at radius 2 is 1.79 bits per heavy atom. The van der Waals surface area contributed by atoms with Crippen molar-refractivity contribution in [2.45, 2.75) is 71.3 Å². The van der Waals surface area contributed by atoms with E-state index in [9.17, 15) is 9.50 Å². The minimum Gasteiger partial charge on any atom is -0.393 e. The molecular formula is C17H27FO. The van der Waals surface area contributed by atoms with Gasteiger partial charge in [0.1, 0.15) is 5.82 Å². The molecule has 0 bridgehead atoms. The Kier molecular flexibility index (Phi) is 7.73. The summed E-state index contributed by atoms with van der Waals surface area (Å²) in [6, 6.07) is 4.79. The number of aryl methyl sites for hydroxylation is 1. The molecule has 0 radical (unpaired) electrons. The summed E-state index contributed by atoms with van der Waals surface area (Å²) in [5, 5.41) is 10.0. The fraction of sp³-hybridized carbons (Fsp3) is 0.647. The van der Waals surface area contributed by atoms with E-state index < -0.39 is 0 Å². The first-order chi connectivity index (χ1) is 9.13. The summed E-state index contributed by atoms with van der Waals surface area (Å²) in [5.41, 5.74) is 1.99. The van der Waals surface area contributed by atoms with E-state index in [1.54, 1.807) is 6.07 Å². The molecule has 108 valence electrons. The van der Waals surface area contributed by atoms with E-state index in [0.29, 0.717) is 6.42 Å².